The highest BCUT2D eigenvalue weighted by Crippen LogP contribution is 2.36. The van der Waals surface area contributed by atoms with Crippen molar-refractivity contribution in [3.63, 3.8) is 0 Å². The van der Waals surface area contributed by atoms with Crippen LogP contribution in [0.15, 0.2) is 36.4 Å². The molecule has 0 spiro atoms. The molecule has 2 aromatic rings. The topological polar surface area (TPSA) is 24.1 Å². The average Bonchev–Trinajstić information content (AvgIpc) is 2.42. The first-order valence-corrected chi connectivity index (χ1v) is 8.81. The molecule has 0 radical (unpaired) electrons. The van der Waals surface area contributed by atoms with E-state index in [9.17, 15) is 0 Å². The largest absolute Gasteiger partial charge is 0.361 e. The summed E-state index contributed by atoms with van der Waals surface area (Å²) >= 11 is 42.1. The van der Waals surface area contributed by atoms with Crippen molar-refractivity contribution < 1.29 is 0 Å². The Bertz CT molecular complexity index is 647. The second-order valence-electron chi connectivity index (χ2n) is 4.51. The summed E-state index contributed by atoms with van der Waals surface area (Å²) in [7, 11) is 0. The predicted molar refractivity (Wildman–Crippen MR) is 104 cm³/mol. The first-order valence-electron chi connectivity index (χ1n) is 6.16. The molecule has 124 valence electrons. The van der Waals surface area contributed by atoms with E-state index in [1.807, 2.05) is 0 Å². The number of hydrogen-bond donors (Lipinski definition) is 2. The summed E-state index contributed by atoms with van der Waals surface area (Å²) in [4.78, 5) is 0. The van der Waals surface area contributed by atoms with E-state index >= 15 is 0 Å². The number of nitrogens with one attached hydrogen (secondary N) is 2. The van der Waals surface area contributed by atoms with Gasteiger partial charge in [-0.1, -0.05) is 81.2 Å². The molecule has 0 unspecified atom stereocenters. The highest BCUT2D eigenvalue weighted by atomic mass is 35.6. The van der Waals surface area contributed by atoms with E-state index in [0.29, 0.717) is 31.5 Å². The standard InChI is InChI=1S/C14H9Cl7N2/c15-7-1-3-11(9(17)5-7)22-13(14(19,20)21)23-12-4-2-8(16)6-10(12)18/h1-6,13,22-23H. The molecule has 0 saturated carbocycles. The van der Waals surface area contributed by atoms with E-state index in [1.54, 1.807) is 36.4 Å². The van der Waals surface area contributed by atoms with Crippen molar-refractivity contribution >= 4 is 92.6 Å². The van der Waals surface area contributed by atoms with Gasteiger partial charge in [-0.25, -0.2) is 0 Å². The van der Waals surface area contributed by atoms with Crippen LogP contribution in [0.25, 0.3) is 0 Å². The van der Waals surface area contributed by atoms with Crippen molar-refractivity contribution in [2.24, 2.45) is 0 Å². The van der Waals surface area contributed by atoms with Gasteiger partial charge in [-0.2, -0.15) is 0 Å². The van der Waals surface area contributed by atoms with E-state index in [4.69, 9.17) is 81.2 Å². The quantitative estimate of drug-likeness (QED) is 0.370. The van der Waals surface area contributed by atoms with Crippen LogP contribution in [0.3, 0.4) is 0 Å². The van der Waals surface area contributed by atoms with E-state index in [2.05, 4.69) is 10.6 Å². The summed E-state index contributed by atoms with van der Waals surface area (Å²) in [5, 5.41) is 7.81. The van der Waals surface area contributed by atoms with Gasteiger partial charge in [0.1, 0.15) is 6.17 Å². The maximum absolute atomic E-state index is 6.13. The number of alkyl halides is 3. The zero-order valence-electron chi connectivity index (χ0n) is 11.2. The molecule has 0 amide bonds. The number of benzene rings is 2. The third kappa shape index (κ3) is 5.54. The fourth-order valence-electron chi connectivity index (χ4n) is 1.72. The summed E-state index contributed by atoms with van der Waals surface area (Å²) in [6.45, 7) is 0. The third-order valence-electron chi connectivity index (χ3n) is 2.79. The molecular weight excluding hydrogens is 444 g/mol. The van der Waals surface area contributed by atoms with Crippen LogP contribution < -0.4 is 10.6 Å². The van der Waals surface area contributed by atoms with Gasteiger partial charge in [0.05, 0.1) is 21.4 Å². The van der Waals surface area contributed by atoms with Crippen molar-refractivity contribution in [1.29, 1.82) is 0 Å². The Hall–Kier alpha value is 0.0700. The van der Waals surface area contributed by atoms with Crippen LogP contribution in [0, 0.1) is 0 Å². The van der Waals surface area contributed by atoms with E-state index in [0.717, 1.165) is 0 Å². The minimum absolute atomic E-state index is 0.390. The summed E-state index contributed by atoms with van der Waals surface area (Å²) in [5.41, 5.74) is 1.09. The lowest BCUT2D eigenvalue weighted by Gasteiger charge is -2.29. The predicted octanol–water partition coefficient (Wildman–Crippen LogP) is 7.52. The minimum atomic E-state index is -1.69. The molecule has 0 heterocycles. The van der Waals surface area contributed by atoms with Gasteiger partial charge in [-0.05, 0) is 36.4 Å². The van der Waals surface area contributed by atoms with Crippen LogP contribution in [0.1, 0.15) is 0 Å². The maximum Gasteiger partial charge on any atom is 0.228 e. The van der Waals surface area contributed by atoms with Crippen LogP contribution in [0.2, 0.25) is 20.1 Å². The van der Waals surface area contributed by atoms with Gasteiger partial charge in [-0.15, -0.1) is 0 Å². The molecule has 2 N–H and O–H groups in total. The molecule has 23 heavy (non-hydrogen) atoms. The van der Waals surface area contributed by atoms with Crippen LogP contribution in [-0.4, -0.2) is 9.96 Å². The Kier molecular flexibility index (Phi) is 6.72. The van der Waals surface area contributed by atoms with Crippen molar-refractivity contribution in [3.05, 3.63) is 56.5 Å². The van der Waals surface area contributed by atoms with Crippen molar-refractivity contribution in [2.75, 3.05) is 10.6 Å². The van der Waals surface area contributed by atoms with Crippen LogP contribution in [0.4, 0.5) is 11.4 Å². The summed E-state index contributed by atoms with van der Waals surface area (Å²) in [6, 6.07) is 9.85. The molecule has 0 atom stereocenters. The van der Waals surface area contributed by atoms with E-state index < -0.39 is 9.96 Å². The Morgan fingerprint density at radius 1 is 0.696 bits per heavy atom. The SMILES string of the molecule is Clc1ccc(NC(Nc2ccc(Cl)cc2Cl)C(Cl)(Cl)Cl)c(Cl)c1. The molecule has 2 nitrogen and oxygen atoms in total. The van der Waals surface area contributed by atoms with Crippen molar-refractivity contribution in [1.82, 2.24) is 0 Å². The Balaban J connectivity index is 2.27. The smallest absolute Gasteiger partial charge is 0.228 e. The molecule has 0 aliphatic heterocycles. The highest BCUT2D eigenvalue weighted by molar-refractivity contribution is 6.68. The van der Waals surface area contributed by atoms with Gasteiger partial charge < -0.3 is 10.6 Å². The monoisotopic (exact) mass is 450 g/mol. The normalized spacial score (nSPS) is 11.7. The average molecular weight is 453 g/mol. The van der Waals surface area contributed by atoms with Gasteiger partial charge in [0.2, 0.25) is 3.79 Å². The molecule has 0 fully saturated rings. The Labute approximate surface area is 168 Å². The molecule has 0 aliphatic carbocycles. The maximum atomic E-state index is 6.13. The Morgan fingerprint density at radius 2 is 1.09 bits per heavy atom. The second-order valence-corrected chi connectivity index (χ2v) is 8.57. The number of halogens is 7. The zero-order chi connectivity index (χ0) is 17.2. The lowest BCUT2D eigenvalue weighted by molar-refractivity contribution is 0.838. The highest BCUT2D eigenvalue weighted by Gasteiger charge is 2.33. The lowest BCUT2D eigenvalue weighted by atomic mass is 10.3. The molecular formula is C14H9Cl7N2. The van der Waals surface area contributed by atoms with Crippen LogP contribution >= 0.6 is 81.2 Å². The van der Waals surface area contributed by atoms with E-state index in [1.165, 1.54) is 0 Å². The fraction of sp³-hybridized carbons (Fsp3) is 0.143. The number of hydrogen-bond acceptors (Lipinski definition) is 2. The molecule has 9 heteroatoms. The molecule has 0 bridgehead atoms. The van der Waals surface area contributed by atoms with Gasteiger partial charge in [0, 0.05) is 10.0 Å². The lowest BCUT2D eigenvalue weighted by Crippen LogP contribution is -2.40. The van der Waals surface area contributed by atoms with Crippen LogP contribution in [-0.2, 0) is 0 Å². The number of anilines is 2. The molecule has 2 rings (SSSR count). The minimum Gasteiger partial charge on any atom is -0.361 e. The first-order chi connectivity index (χ1) is 10.7. The molecule has 0 aliphatic rings. The van der Waals surface area contributed by atoms with Crippen LogP contribution in [0.5, 0.6) is 0 Å². The Morgan fingerprint density at radius 3 is 1.39 bits per heavy atom. The number of rotatable bonds is 4. The summed E-state index contributed by atoms with van der Waals surface area (Å²) in [5.74, 6) is 0. The first kappa shape index (κ1) is 19.4. The van der Waals surface area contributed by atoms with Gasteiger partial charge in [0.15, 0.2) is 0 Å². The van der Waals surface area contributed by atoms with Crippen molar-refractivity contribution in [2.45, 2.75) is 9.96 Å². The van der Waals surface area contributed by atoms with Gasteiger partial charge in [0.25, 0.3) is 0 Å². The summed E-state index contributed by atoms with van der Waals surface area (Å²) in [6.07, 6.45) is -0.815. The van der Waals surface area contributed by atoms with Gasteiger partial charge >= 0.3 is 0 Å². The second kappa shape index (κ2) is 7.97. The van der Waals surface area contributed by atoms with E-state index in [-0.39, 0.29) is 0 Å². The van der Waals surface area contributed by atoms with Crippen molar-refractivity contribution in [3.8, 4) is 0 Å². The zero-order valence-corrected chi connectivity index (χ0v) is 16.5. The molecule has 2 aromatic carbocycles. The summed E-state index contributed by atoms with van der Waals surface area (Å²) < 4.78 is -1.69. The molecule has 0 aromatic heterocycles. The fourth-order valence-corrected chi connectivity index (χ4v) is 2.98. The molecule has 0 saturated heterocycles. The third-order valence-corrected chi connectivity index (χ3v) is 4.54. The van der Waals surface area contributed by atoms with Gasteiger partial charge in [-0.3, -0.25) is 0 Å².